The van der Waals surface area contributed by atoms with E-state index in [4.69, 9.17) is 0 Å². The van der Waals surface area contributed by atoms with Crippen LogP contribution >= 0.6 is 0 Å². The van der Waals surface area contributed by atoms with Gasteiger partial charge in [0, 0.05) is 0 Å². The Morgan fingerprint density at radius 2 is 1.63 bits per heavy atom. The second-order valence-electron chi connectivity index (χ2n) is 5.64. The van der Waals surface area contributed by atoms with E-state index in [1.54, 1.807) is 0 Å². The smallest absolute Gasteiger partial charge is 0.00300 e. The predicted octanol–water partition coefficient (Wildman–Crippen LogP) is 2.94. The lowest BCUT2D eigenvalue weighted by Gasteiger charge is -2.11. The first-order chi connectivity index (χ1) is 9.43. The Morgan fingerprint density at radius 3 is 2.63 bits per heavy atom. The quantitative estimate of drug-likeness (QED) is 0.666. The summed E-state index contributed by atoms with van der Waals surface area (Å²) in [5, 5.41) is 5.92. The van der Waals surface area contributed by atoms with Gasteiger partial charge < -0.3 is 0 Å². The number of hydrogen-bond acceptors (Lipinski definition) is 0. The van der Waals surface area contributed by atoms with Crippen molar-refractivity contribution in [2.75, 3.05) is 0 Å². The normalized spacial score (nSPS) is 17.3. The van der Waals surface area contributed by atoms with Gasteiger partial charge in [-0.15, -0.1) is 0 Å². The van der Waals surface area contributed by atoms with Gasteiger partial charge in [-0.05, 0) is 62.7 Å². The van der Waals surface area contributed by atoms with Gasteiger partial charge >= 0.3 is 0 Å². The lowest BCUT2D eigenvalue weighted by Crippen LogP contribution is -2.27. The van der Waals surface area contributed by atoms with Crippen molar-refractivity contribution in [1.82, 2.24) is 0 Å². The molecule has 0 spiro atoms. The number of benzene rings is 2. The fraction of sp³-hybridized carbons (Fsp3) is 0.158. The molecule has 0 aliphatic heterocycles. The largest absolute Gasteiger partial charge is 0.0795 e. The van der Waals surface area contributed by atoms with Crippen LogP contribution in [-0.4, -0.2) is 0 Å². The van der Waals surface area contributed by atoms with E-state index in [1.807, 2.05) is 0 Å². The molecule has 0 N–H and O–H groups in total. The Bertz CT molecular complexity index is 921. The molecule has 0 saturated heterocycles. The molecular weight excluding hydrogens is 228 g/mol. The topological polar surface area (TPSA) is 0 Å². The number of rotatable bonds is 0. The van der Waals surface area contributed by atoms with E-state index in [-0.39, 0.29) is 0 Å². The Kier molecular flexibility index (Phi) is 1.69. The molecule has 19 heavy (non-hydrogen) atoms. The van der Waals surface area contributed by atoms with Crippen molar-refractivity contribution in [2.24, 2.45) is 0 Å². The zero-order chi connectivity index (χ0) is 12.4. The van der Waals surface area contributed by atoms with Crippen LogP contribution in [0.25, 0.3) is 35.1 Å². The van der Waals surface area contributed by atoms with Crippen LogP contribution in [0.1, 0.15) is 28.7 Å². The van der Waals surface area contributed by atoms with Crippen molar-refractivity contribution < 1.29 is 0 Å². The van der Waals surface area contributed by atoms with E-state index in [2.05, 4.69) is 48.6 Å². The van der Waals surface area contributed by atoms with Crippen molar-refractivity contribution in [1.29, 1.82) is 0 Å². The van der Waals surface area contributed by atoms with Crippen LogP contribution in [0, 0.1) is 0 Å². The summed E-state index contributed by atoms with van der Waals surface area (Å²) < 4.78 is 0. The van der Waals surface area contributed by atoms with Crippen molar-refractivity contribution in [3.05, 3.63) is 57.0 Å². The van der Waals surface area contributed by atoms with Gasteiger partial charge in [-0.2, -0.15) is 0 Å². The lowest BCUT2D eigenvalue weighted by molar-refractivity contribution is 1.30. The fourth-order valence-corrected chi connectivity index (χ4v) is 3.90. The Balaban J connectivity index is 2.14. The van der Waals surface area contributed by atoms with E-state index < -0.39 is 0 Å². The minimum Gasteiger partial charge on any atom is -0.0795 e. The number of hydrogen-bond donors (Lipinski definition) is 0. The molecule has 0 heterocycles. The molecule has 0 nitrogen and oxygen atoms in total. The van der Waals surface area contributed by atoms with Gasteiger partial charge in [0.1, 0.15) is 0 Å². The van der Waals surface area contributed by atoms with Crippen LogP contribution in [0.3, 0.4) is 0 Å². The number of allylic oxidation sites excluding steroid dienone is 2. The first-order valence-electron chi connectivity index (χ1n) is 7.07. The van der Waals surface area contributed by atoms with Gasteiger partial charge in [-0.3, -0.25) is 0 Å². The monoisotopic (exact) mass is 242 g/mol. The molecule has 0 radical (unpaired) electrons. The molecule has 0 heteroatoms. The van der Waals surface area contributed by atoms with Crippen molar-refractivity contribution in [3.63, 3.8) is 0 Å². The second kappa shape index (κ2) is 3.27. The Hall–Kier alpha value is -2.08. The first kappa shape index (κ1) is 9.80. The average Bonchev–Trinajstić information content (AvgIpc) is 3.17. The van der Waals surface area contributed by atoms with Gasteiger partial charge in [0.05, 0.1) is 0 Å². The minimum absolute atomic E-state index is 1.09. The average molecular weight is 242 g/mol. The highest BCUT2D eigenvalue weighted by atomic mass is 14.2. The van der Waals surface area contributed by atoms with Crippen LogP contribution in [0.15, 0.2) is 24.3 Å². The van der Waals surface area contributed by atoms with Crippen LogP contribution in [0.4, 0.5) is 0 Å². The standard InChI is InChI=1S/C19H14/c1-4-12-10-11-18-16-7-2-6-14(16)15-8-3-9-17(15)19(18)13(12)5-1/h1-2,5-6,8-11H,3-4,7H2. The summed E-state index contributed by atoms with van der Waals surface area (Å²) in [7, 11) is 0. The maximum Gasteiger partial charge on any atom is -0.00300 e. The zero-order valence-corrected chi connectivity index (χ0v) is 10.7. The third-order valence-corrected chi connectivity index (χ3v) is 4.71. The summed E-state index contributed by atoms with van der Waals surface area (Å²) in [5.74, 6) is 0. The van der Waals surface area contributed by atoms with E-state index in [1.165, 1.54) is 43.5 Å². The molecule has 0 aromatic heterocycles. The minimum atomic E-state index is 1.09. The molecule has 3 aliphatic rings. The molecule has 90 valence electrons. The molecule has 2 aromatic carbocycles. The Labute approximate surface area is 112 Å². The predicted molar refractivity (Wildman–Crippen MR) is 82.2 cm³/mol. The molecule has 0 saturated carbocycles. The third kappa shape index (κ3) is 1.10. The summed E-state index contributed by atoms with van der Waals surface area (Å²) in [4.78, 5) is 0. The Morgan fingerprint density at radius 1 is 0.789 bits per heavy atom. The van der Waals surface area contributed by atoms with Crippen molar-refractivity contribution >= 4 is 35.1 Å². The molecular formula is C19H14. The van der Waals surface area contributed by atoms with Gasteiger partial charge in [0.15, 0.2) is 0 Å². The van der Waals surface area contributed by atoms with E-state index in [0.29, 0.717) is 0 Å². The van der Waals surface area contributed by atoms with E-state index in [9.17, 15) is 0 Å². The van der Waals surface area contributed by atoms with Gasteiger partial charge in [0.2, 0.25) is 0 Å². The van der Waals surface area contributed by atoms with Crippen LogP contribution < -0.4 is 10.4 Å². The maximum absolute atomic E-state index is 2.40. The molecule has 5 rings (SSSR count). The third-order valence-electron chi connectivity index (χ3n) is 4.71. The molecule has 0 amide bonds. The van der Waals surface area contributed by atoms with Crippen molar-refractivity contribution in [2.45, 2.75) is 19.3 Å². The van der Waals surface area contributed by atoms with E-state index >= 15 is 0 Å². The van der Waals surface area contributed by atoms with Crippen LogP contribution in [-0.2, 0) is 12.8 Å². The highest BCUT2D eigenvalue weighted by Gasteiger charge is 2.18. The summed E-state index contributed by atoms with van der Waals surface area (Å²) in [5.41, 5.74) is 5.96. The van der Waals surface area contributed by atoms with Crippen molar-refractivity contribution in [3.8, 4) is 0 Å². The molecule has 0 fully saturated rings. The molecule has 0 atom stereocenters. The highest BCUT2D eigenvalue weighted by Crippen LogP contribution is 2.31. The van der Waals surface area contributed by atoms with E-state index in [0.717, 1.165) is 19.3 Å². The zero-order valence-electron chi connectivity index (χ0n) is 10.7. The molecule has 0 bridgehead atoms. The van der Waals surface area contributed by atoms with Gasteiger partial charge in [-0.25, -0.2) is 0 Å². The summed E-state index contributed by atoms with van der Waals surface area (Å²) in [6.45, 7) is 0. The SMILES string of the molecule is C1=Cc2c(ccc3c4c(c5c(c23)=CCC=5)C=CC4)C1. The fourth-order valence-electron chi connectivity index (χ4n) is 3.90. The second-order valence-corrected chi connectivity index (χ2v) is 5.64. The molecule has 3 aliphatic carbocycles. The molecule has 2 aromatic rings. The van der Waals surface area contributed by atoms with Gasteiger partial charge in [0.25, 0.3) is 0 Å². The number of fused-ring (bicyclic) bond motifs is 8. The first-order valence-corrected chi connectivity index (χ1v) is 7.07. The maximum atomic E-state index is 2.40. The van der Waals surface area contributed by atoms with Crippen LogP contribution in [0.2, 0.25) is 0 Å². The lowest BCUT2D eigenvalue weighted by atomic mass is 9.92. The highest BCUT2D eigenvalue weighted by molar-refractivity contribution is 5.99. The van der Waals surface area contributed by atoms with Gasteiger partial charge in [-0.1, -0.05) is 48.6 Å². The summed E-state index contributed by atoms with van der Waals surface area (Å²) in [6.07, 6.45) is 17.3. The molecule has 0 unspecified atom stereocenters. The summed E-state index contributed by atoms with van der Waals surface area (Å²) in [6, 6.07) is 4.67. The summed E-state index contributed by atoms with van der Waals surface area (Å²) >= 11 is 0. The van der Waals surface area contributed by atoms with Crippen LogP contribution in [0.5, 0.6) is 0 Å².